The van der Waals surface area contributed by atoms with Crippen LogP contribution in [-0.4, -0.2) is 108 Å². The third-order valence-electron chi connectivity index (χ3n) is 8.99. The van der Waals surface area contributed by atoms with Gasteiger partial charge < -0.3 is 38.8 Å². The van der Waals surface area contributed by atoms with Crippen LogP contribution in [0.2, 0.25) is 0 Å². The number of carbonyl (C=O) groups excluding carboxylic acids is 1. The minimum atomic E-state index is -5.13. The first-order valence-corrected chi connectivity index (χ1v) is 22.4. The summed E-state index contributed by atoms with van der Waals surface area (Å²) in [5.41, 5.74) is -0.370. The van der Waals surface area contributed by atoms with Crippen molar-refractivity contribution in [2.45, 2.75) is 27.7 Å². The molecule has 342 valence electrons. The second kappa shape index (κ2) is 19.9. The molecule has 5 aromatic rings. The highest BCUT2D eigenvalue weighted by atomic mass is 32.2. The summed E-state index contributed by atoms with van der Waals surface area (Å²) in [5.74, 6) is -1.54. The second-order valence-electron chi connectivity index (χ2n) is 13.2. The maximum absolute atomic E-state index is 13.2. The molecule has 0 spiro atoms. The number of methoxy groups -OCH3 is 2. The van der Waals surface area contributed by atoms with E-state index in [0.29, 0.717) is 0 Å². The smallest absolute Gasteiger partial charge is 0.296 e. The van der Waals surface area contributed by atoms with Gasteiger partial charge in [-0.3, -0.25) is 13.9 Å². The van der Waals surface area contributed by atoms with Crippen LogP contribution in [0, 0.1) is 0 Å². The second-order valence-corrected chi connectivity index (χ2v) is 16.9. The van der Waals surface area contributed by atoms with Crippen LogP contribution in [0.25, 0.3) is 10.8 Å². The van der Waals surface area contributed by atoms with Crippen LogP contribution < -0.4 is 24.0 Å². The molecule has 1 amide bonds. The maximum atomic E-state index is 13.2. The number of aliphatic hydroxyl groups excluding tert-OH is 2. The zero-order chi connectivity index (χ0) is 47.2. The summed E-state index contributed by atoms with van der Waals surface area (Å²) < 4.78 is 111. The minimum Gasteiger partial charge on any atom is -0.505 e. The number of phenols is 1. The van der Waals surface area contributed by atoms with E-state index in [-0.39, 0.29) is 86.0 Å². The van der Waals surface area contributed by atoms with Crippen molar-refractivity contribution in [2.75, 3.05) is 45.7 Å². The van der Waals surface area contributed by atoms with Crippen molar-refractivity contribution >= 4 is 87.8 Å². The van der Waals surface area contributed by atoms with E-state index in [0.717, 1.165) is 23.2 Å². The van der Waals surface area contributed by atoms with Gasteiger partial charge >= 0.3 is 0 Å². The third kappa shape index (κ3) is 10.8. The van der Waals surface area contributed by atoms with E-state index in [1.165, 1.54) is 75.7 Å². The monoisotopic (exact) mass is 956 g/mol. The van der Waals surface area contributed by atoms with Crippen LogP contribution in [0.5, 0.6) is 28.7 Å². The molecule has 2 atom stereocenters. The van der Waals surface area contributed by atoms with Crippen molar-refractivity contribution in [3.63, 3.8) is 0 Å². The van der Waals surface area contributed by atoms with Crippen LogP contribution in [0.3, 0.4) is 0 Å². The highest BCUT2D eigenvalue weighted by Gasteiger charge is 2.35. The van der Waals surface area contributed by atoms with Gasteiger partial charge in [0.05, 0.1) is 49.4 Å². The number of fused-ring (bicyclic) bond motifs is 1. The van der Waals surface area contributed by atoms with Crippen molar-refractivity contribution in [1.82, 2.24) is 0 Å². The number of benzene rings is 5. The van der Waals surface area contributed by atoms with Crippen LogP contribution in [0.15, 0.2) is 123 Å². The molecule has 1 aliphatic rings. The Labute approximate surface area is 371 Å². The molecule has 6 rings (SSSR count). The predicted octanol–water partition coefficient (Wildman–Crippen LogP) is 6.08. The molecule has 0 saturated carbocycles. The number of nitrogens with zero attached hydrogens (tertiary/aromatic N) is 8. The fraction of sp³-hybridized carbons (Fsp3) is 0.211. The van der Waals surface area contributed by atoms with E-state index in [9.17, 15) is 54.8 Å². The number of phenolic OH excluding ortho intramolecular Hbond substituents is 1. The van der Waals surface area contributed by atoms with Gasteiger partial charge in [-0.1, -0.05) is 0 Å². The van der Waals surface area contributed by atoms with Gasteiger partial charge in [0.1, 0.15) is 68.8 Å². The number of aliphatic hydroxyl groups is 2. The van der Waals surface area contributed by atoms with Crippen molar-refractivity contribution in [1.29, 1.82) is 0 Å². The van der Waals surface area contributed by atoms with Gasteiger partial charge in [0.25, 0.3) is 26.1 Å². The van der Waals surface area contributed by atoms with E-state index in [1.807, 2.05) is 0 Å². The molecule has 0 saturated heterocycles. The van der Waals surface area contributed by atoms with Crippen molar-refractivity contribution in [3.05, 3.63) is 72.8 Å². The Balaban J connectivity index is 1.34. The van der Waals surface area contributed by atoms with Crippen LogP contribution in [0.1, 0.15) is 6.92 Å². The van der Waals surface area contributed by atoms with Gasteiger partial charge in [0.2, 0.25) is 0 Å². The Hall–Kier alpha value is -6.85. The van der Waals surface area contributed by atoms with Crippen LogP contribution in [0.4, 0.5) is 34.1 Å². The molecule has 24 nitrogen and oxygen atoms in total. The molecule has 0 fully saturated rings. The molecule has 0 aliphatic carbocycles. The molecule has 1 heterocycles. The number of amides is 1. The normalized spacial score (nSPS) is 15.1. The Bertz CT molecular complexity index is 3040. The standard InChI is InChI=1S/C38H36N8O16S3/c1-20-35(38(50)46(45-20)23-5-7-24(8-6-23)64(53,54)55)43-39-22-4-9-25-21(14-22)15-34(65(56,57)58)36(37(25)49)44-42-28-17-30(61-12-10-47)27(16-31(28)62-13-11-48)41-40-26-18-32(60-3)33(63(51)52)19-29(26)59-2/h4-9,14-19,35,47-49H,10-13H2,1-3H3,(H,51,52)(H,53,54,55)(H,56,57,58). The van der Waals surface area contributed by atoms with E-state index < -0.39 is 77.7 Å². The maximum Gasteiger partial charge on any atom is 0.296 e. The molecule has 0 bridgehead atoms. The van der Waals surface area contributed by atoms with Crippen LogP contribution >= 0.6 is 0 Å². The van der Waals surface area contributed by atoms with E-state index >= 15 is 0 Å². The number of rotatable bonds is 18. The Morgan fingerprint density at radius 3 is 1.85 bits per heavy atom. The zero-order valence-corrected chi connectivity index (χ0v) is 36.4. The largest absolute Gasteiger partial charge is 0.505 e. The number of anilines is 1. The van der Waals surface area contributed by atoms with Gasteiger partial charge in [-0.25, -0.2) is 4.21 Å². The van der Waals surface area contributed by atoms with Gasteiger partial charge in [0.15, 0.2) is 22.9 Å². The third-order valence-corrected chi connectivity index (χ3v) is 11.4. The molecule has 5 aromatic carbocycles. The van der Waals surface area contributed by atoms with Gasteiger partial charge in [-0.2, -0.15) is 37.2 Å². The topological polar surface area (TPSA) is 350 Å². The summed E-state index contributed by atoms with van der Waals surface area (Å²) in [7, 11) is -7.03. The van der Waals surface area contributed by atoms with Crippen LogP contribution in [-0.2, 0) is 36.1 Å². The fourth-order valence-corrected chi connectivity index (χ4v) is 7.63. The predicted molar refractivity (Wildman–Crippen MR) is 229 cm³/mol. The highest BCUT2D eigenvalue weighted by molar-refractivity contribution is 7.86. The average Bonchev–Trinajstić information content (AvgIpc) is 3.56. The molecule has 2 unspecified atom stereocenters. The fourth-order valence-electron chi connectivity index (χ4n) is 5.97. The zero-order valence-electron chi connectivity index (χ0n) is 33.9. The summed E-state index contributed by atoms with van der Waals surface area (Å²) in [6.07, 6.45) is 0. The van der Waals surface area contributed by atoms with Gasteiger partial charge in [-0.15, -0.1) is 20.5 Å². The van der Waals surface area contributed by atoms with Crippen molar-refractivity contribution in [3.8, 4) is 28.7 Å². The van der Waals surface area contributed by atoms with Gasteiger partial charge in [-0.05, 0) is 60.8 Å². The lowest BCUT2D eigenvalue weighted by molar-refractivity contribution is -0.117. The summed E-state index contributed by atoms with van der Waals surface area (Å²) in [4.78, 5) is 11.8. The molecular formula is C38H36N8O16S3. The minimum absolute atomic E-state index is 0.00309. The highest BCUT2D eigenvalue weighted by Crippen LogP contribution is 2.46. The molecule has 0 aromatic heterocycles. The number of ether oxygens (including phenoxy) is 4. The molecule has 6 N–H and O–H groups in total. The molecule has 1 aliphatic heterocycles. The molecule has 27 heteroatoms. The first-order chi connectivity index (χ1) is 30.9. The van der Waals surface area contributed by atoms with Gasteiger partial charge in [0, 0.05) is 29.7 Å². The Morgan fingerprint density at radius 2 is 1.31 bits per heavy atom. The summed E-state index contributed by atoms with van der Waals surface area (Å²) in [6.45, 7) is 0.0453. The Morgan fingerprint density at radius 1 is 0.738 bits per heavy atom. The number of hydrogen-bond acceptors (Lipinski definition) is 20. The number of azo groups is 3. The van der Waals surface area contributed by atoms with E-state index in [1.54, 1.807) is 0 Å². The van der Waals surface area contributed by atoms with Crippen molar-refractivity contribution < 1.29 is 73.8 Å². The van der Waals surface area contributed by atoms with E-state index in [4.69, 9.17) is 18.9 Å². The first kappa shape index (κ1) is 47.6. The summed E-state index contributed by atoms with van der Waals surface area (Å²) >= 11 is -2.44. The lowest BCUT2D eigenvalue weighted by Crippen LogP contribution is -2.29. The Kier molecular flexibility index (Phi) is 14.6. The average molecular weight is 957 g/mol. The number of carbonyl (C=O) groups is 1. The molecular weight excluding hydrogens is 921 g/mol. The van der Waals surface area contributed by atoms with E-state index in [2.05, 4.69) is 35.8 Å². The quantitative estimate of drug-likeness (QED) is 0.0329. The number of hydrazone groups is 1. The molecule has 65 heavy (non-hydrogen) atoms. The summed E-state index contributed by atoms with van der Waals surface area (Å²) in [6, 6.07) is 13.5. The lowest BCUT2D eigenvalue weighted by Gasteiger charge is -2.13. The lowest BCUT2D eigenvalue weighted by atomic mass is 10.1. The SMILES string of the molecule is COc1cc(S(=O)O)c(OC)cc1N=Nc1cc(OCCO)c(N=Nc2c(S(=O)(=O)O)cc3cc(N=NC4C(=O)N(c5ccc(S(=O)(=O)O)cc5)N=C4C)ccc3c2O)cc1OCCO. The molecule has 0 radical (unpaired) electrons. The van der Waals surface area contributed by atoms with Crippen molar-refractivity contribution in [2.24, 2.45) is 35.8 Å². The first-order valence-electron chi connectivity index (χ1n) is 18.4. The number of hydrogen-bond donors (Lipinski definition) is 6. The summed E-state index contributed by atoms with van der Waals surface area (Å²) in [5, 5.41) is 60.3. The number of aromatic hydroxyl groups is 1.